The molecule has 2 aromatic carbocycles. The molecule has 0 fully saturated rings. The van der Waals surface area contributed by atoms with E-state index in [1.54, 1.807) is 12.1 Å². The number of nitrogens with zero attached hydrogens (tertiary/aromatic N) is 2. The van der Waals surface area contributed by atoms with Crippen LogP contribution in [0.2, 0.25) is 0 Å². The Morgan fingerprint density at radius 3 is 2.59 bits per heavy atom. The van der Waals surface area contributed by atoms with Crippen molar-refractivity contribution in [1.82, 2.24) is 10.2 Å². The number of hydrogen-bond donors (Lipinski definition) is 1. The molecule has 0 saturated carbocycles. The minimum atomic E-state index is -0.467. The average molecular weight is 391 g/mol. The van der Waals surface area contributed by atoms with E-state index in [1.165, 1.54) is 5.56 Å². The number of fused-ring (bicyclic) bond motifs is 1. The SMILES string of the molecule is CCOc1cccc2cc(C(=O)Nc3nnc(Cc4ccc(CC)cc4)o3)oc12. The van der Waals surface area contributed by atoms with Crippen molar-refractivity contribution in [2.45, 2.75) is 26.7 Å². The van der Waals surface area contributed by atoms with Crippen LogP contribution in [-0.2, 0) is 12.8 Å². The Labute approximate surface area is 167 Å². The number of hydrogen-bond acceptors (Lipinski definition) is 6. The topological polar surface area (TPSA) is 90.4 Å². The van der Waals surface area contributed by atoms with Gasteiger partial charge in [0.05, 0.1) is 13.0 Å². The van der Waals surface area contributed by atoms with Gasteiger partial charge in [-0.2, -0.15) is 0 Å². The fourth-order valence-corrected chi connectivity index (χ4v) is 3.02. The van der Waals surface area contributed by atoms with E-state index in [1.807, 2.05) is 31.2 Å². The fourth-order valence-electron chi connectivity index (χ4n) is 3.02. The van der Waals surface area contributed by atoms with Crippen molar-refractivity contribution in [2.75, 3.05) is 11.9 Å². The van der Waals surface area contributed by atoms with Crippen LogP contribution in [0.5, 0.6) is 5.75 Å². The fraction of sp³-hybridized carbons (Fsp3) is 0.227. The van der Waals surface area contributed by atoms with Crippen LogP contribution < -0.4 is 10.1 Å². The third-order valence-corrected chi connectivity index (χ3v) is 4.51. The van der Waals surface area contributed by atoms with Gasteiger partial charge in [-0.3, -0.25) is 10.1 Å². The Morgan fingerprint density at radius 1 is 1.03 bits per heavy atom. The van der Waals surface area contributed by atoms with Crippen LogP contribution in [0.15, 0.2) is 57.4 Å². The minimum absolute atomic E-state index is 0.0284. The highest BCUT2D eigenvalue weighted by Gasteiger charge is 2.17. The number of furan rings is 1. The molecule has 0 aliphatic heterocycles. The Bertz CT molecular complexity index is 1130. The number of amides is 1. The van der Waals surface area contributed by atoms with Gasteiger partial charge in [0.25, 0.3) is 5.91 Å². The first-order valence-electron chi connectivity index (χ1n) is 9.53. The summed E-state index contributed by atoms with van der Waals surface area (Å²) in [6, 6.07) is 15.4. The van der Waals surface area contributed by atoms with Crippen molar-refractivity contribution >= 4 is 22.9 Å². The smallest absolute Gasteiger partial charge is 0.322 e. The summed E-state index contributed by atoms with van der Waals surface area (Å²) >= 11 is 0. The number of ether oxygens (including phenoxy) is 1. The molecule has 0 aliphatic carbocycles. The molecule has 2 aromatic heterocycles. The lowest BCUT2D eigenvalue weighted by Gasteiger charge is -2.02. The Balaban J connectivity index is 1.46. The average Bonchev–Trinajstić information content (AvgIpc) is 3.36. The number of aryl methyl sites for hydroxylation is 1. The summed E-state index contributed by atoms with van der Waals surface area (Å²) in [7, 11) is 0. The maximum Gasteiger partial charge on any atom is 0.322 e. The number of carbonyl (C=O) groups excluding carboxylic acids is 1. The van der Waals surface area contributed by atoms with Crippen LogP contribution in [0.1, 0.15) is 41.4 Å². The molecule has 29 heavy (non-hydrogen) atoms. The highest BCUT2D eigenvalue weighted by molar-refractivity contribution is 6.04. The molecule has 2 heterocycles. The van der Waals surface area contributed by atoms with Gasteiger partial charge >= 0.3 is 6.01 Å². The lowest BCUT2D eigenvalue weighted by molar-refractivity contribution is 0.0995. The van der Waals surface area contributed by atoms with E-state index >= 15 is 0 Å². The summed E-state index contributed by atoms with van der Waals surface area (Å²) in [5.41, 5.74) is 2.86. The summed E-state index contributed by atoms with van der Waals surface area (Å²) in [6.45, 7) is 4.51. The number of rotatable bonds is 7. The van der Waals surface area contributed by atoms with Crippen LogP contribution in [0, 0.1) is 0 Å². The molecule has 0 atom stereocenters. The van der Waals surface area contributed by atoms with E-state index in [4.69, 9.17) is 13.6 Å². The van der Waals surface area contributed by atoms with Gasteiger partial charge in [0.15, 0.2) is 17.1 Å². The molecule has 0 radical (unpaired) electrons. The number of aromatic nitrogens is 2. The first-order valence-corrected chi connectivity index (χ1v) is 9.53. The van der Waals surface area contributed by atoms with E-state index in [0.717, 1.165) is 17.4 Å². The highest BCUT2D eigenvalue weighted by atomic mass is 16.5. The molecular weight excluding hydrogens is 370 g/mol. The molecule has 0 saturated heterocycles. The van der Waals surface area contributed by atoms with E-state index in [0.29, 0.717) is 30.3 Å². The lowest BCUT2D eigenvalue weighted by atomic mass is 10.1. The Morgan fingerprint density at radius 2 is 1.83 bits per heavy atom. The minimum Gasteiger partial charge on any atom is -0.490 e. The van der Waals surface area contributed by atoms with Crippen molar-refractivity contribution in [3.8, 4) is 5.75 Å². The number of benzene rings is 2. The second-order valence-electron chi connectivity index (χ2n) is 6.52. The molecule has 7 heteroatoms. The number of carbonyl (C=O) groups is 1. The van der Waals surface area contributed by atoms with E-state index in [-0.39, 0.29) is 11.8 Å². The van der Waals surface area contributed by atoms with Gasteiger partial charge in [-0.15, -0.1) is 5.10 Å². The second kappa shape index (κ2) is 8.18. The van der Waals surface area contributed by atoms with Crippen LogP contribution in [0.25, 0.3) is 11.0 Å². The zero-order valence-corrected chi connectivity index (χ0v) is 16.3. The predicted molar refractivity (Wildman–Crippen MR) is 108 cm³/mol. The zero-order valence-electron chi connectivity index (χ0n) is 16.3. The first-order chi connectivity index (χ1) is 14.2. The van der Waals surface area contributed by atoms with Gasteiger partial charge < -0.3 is 13.6 Å². The van der Waals surface area contributed by atoms with Gasteiger partial charge in [-0.25, -0.2) is 0 Å². The lowest BCUT2D eigenvalue weighted by Crippen LogP contribution is -2.11. The molecule has 0 bridgehead atoms. The van der Waals surface area contributed by atoms with Crippen molar-refractivity contribution < 1.29 is 18.4 Å². The zero-order chi connectivity index (χ0) is 20.2. The first kappa shape index (κ1) is 18.7. The van der Waals surface area contributed by atoms with Crippen molar-refractivity contribution in [1.29, 1.82) is 0 Å². The monoisotopic (exact) mass is 391 g/mol. The van der Waals surface area contributed by atoms with Gasteiger partial charge in [-0.05, 0) is 36.6 Å². The third kappa shape index (κ3) is 4.13. The van der Waals surface area contributed by atoms with Crippen LogP contribution in [0.4, 0.5) is 6.01 Å². The summed E-state index contributed by atoms with van der Waals surface area (Å²) in [6.07, 6.45) is 1.49. The van der Waals surface area contributed by atoms with Crippen LogP contribution in [-0.4, -0.2) is 22.7 Å². The summed E-state index contributed by atoms with van der Waals surface area (Å²) in [4.78, 5) is 12.5. The number of nitrogens with one attached hydrogen (secondary N) is 1. The molecule has 1 N–H and O–H groups in total. The summed E-state index contributed by atoms with van der Waals surface area (Å²) < 4.78 is 16.8. The molecule has 4 rings (SSSR count). The molecule has 0 aliphatic rings. The van der Waals surface area contributed by atoms with E-state index < -0.39 is 5.91 Å². The number of para-hydroxylation sites is 1. The largest absolute Gasteiger partial charge is 0.490 e. The van der Waals surface area contributed by atoms with Gasteiger partial charge in [-0.1, -0.05) is 48.4 Å². The summed E-state index contributed by atoms with van der Waals surface area (Å²) in [5.74, 6) is 0.694. The van der Waals surface area contributed by atoms with Crippen molar-refractivity contribution in [3.05, 3.63) is 71.3 Å². The second-order valence-corrected chi connectivity index (χ2v) is 6.52. The molecule has 0 spiro atoms. The molecule has 1 amide bonds. The third-order valence-electron chi connectivity index (χ3n) is 4.51. The summed E-state index contributed by atoms with van der Waals surface area (Å²) in [5, 5.41) is 11.3. The van der Waals surface area contributed by atoms with Crippen molar-refractivity contribution in [2.24, 2.45) is 0 Å². The van der Waals surface area contributed by atoms with Gasteiger partial charge in [0, 0.05) is 5.39 Å². The predicted octanol–water partition coefficient (Wildman–Crippen LogP) is 4.62. The molecular formula is C22H21N3O4. The van der Waals surface area contributed by atoms with Crippen LogP contribution in [0.3, 0.4) is 0 Å². The molecule has 7 nitrogen and oxygen atoms in total. The molecule has 0 unspecified atom stereocenters. The highest BCUT2D eigenvalue weighted by Crippen LogP contribution is 2.29. The normalized spacial score (nSPS) is 11.0. The Hall–Kier alpha value is -3.61. The van der Waals surface area contributed by atoms with Crippen molar-refractivity contribution in [3.63, 3.8) is 0 Å². The molecule has 148 valence electrons. The molecule has 4 aromatic rings. The van der Waals surface area contributed by atoms with E-state index in [2.05, 4.69) is 34.6 Å². The van der Waals surface area contributed by atoms with Gasteiger partial charge in [0.1, 0.15) is 0 Å². The van der Waals surface area contributed by atoms with E-state index in [9.17, 15) is 4.79 Å². The van der Waals surface area contributed by atoms with Crippen LogP contribution >= 0.6 is 0 Å². The maximum atomic E-state index is 12.5. The standard InChI is InChI=1S/C22H21N3O4/c1-3-14-8-10-15(11-9-14)12-19-24-25-22(29-19)23-21(26)18-13-16-6-5-7-17(27-4-2)20(16)28-18/h5-11,13H,3-4,12H2,1-2H3,(H,23,25,26). The maximum absolute atomic E-state index is 12.5. The Kier molecular flexibility index (Phi) is 5.29. The quantitative estimate of drug-likeness (QED) is 0.494. The number of anilines is 1. The van der Waals surface area contributed by atoms with Gasteiger partial charge in [0.2, 0.25) is 5.89 Å².